The summed E-state index contributed by atoms with van der Waals surface area (Å²) in [7, 11) is 0. The molecule has 0 aliphatic rings. The standard InChI is InChI=1S/C12H12N6/c1-2-12(6-18-10-14-8-16-18)4-3-11(1)5-17-9-13-7-15-17/h1-4,7-10H,5-6H2. The molecule has 6 heteroatoms. The maximum Gasteiger partial charge on any atom is 0.137 e. The molecule has 1 aromatic carbocycles. The van der Waals surface area contributed by atoms with Gasteiger partial charge in [0.05, 0.1) is 13.1 Å². The lowest BCUT2D eigenvalue weighted by molar-refractivity contribution is 0.677. The number of rotatable bonds is 4. The van der Waals surface area contributed by atoms with Gasteiger partial charge in [-0.2, -0.15) is 10.2 Å². The molecule has 3 aromatic rings. The summed E-state index contributed by atoms with van der Waals surface area (Å²) in [4.78, 5) is 7.84. The molecule has 2 aromatic heterocycles. The third-order valence-electron chi connectivity index (χ3n) is 2.65. The van der Waals surface area contributed by atoms with Crippen LogP contribution >= 0.6 is 0 Å². The molecule has 0 spiro atoms. The van der Waals surface area contributed by atoms with E-state index in [0.29, 0.717) is 0 Å². The predicted octanol–water partition coefficient (Wildman–Crippen LogP) is 0.966. The second-order valence-corrected chi connectivity index (χ2v) is 4.00. The molecule has 0 atom stereocenters. The Labute approximate surface area is 104 Å². The first kappa shape index (κ1) is 10.6. The van der Waals surface area contributed by atoms with E-state index >= 15 is 0 Å². The van der Waals surface area contributed by atoms with Gasteiger partial charge in [0.15, 0.2) is 0 Å². The molecule has 0 radical (unpaired) electrons. The molecule has 0 aliphatic carbocycles. The molecule has 2 heterocycles. The van der Waals surface area contributed by atoms with E-state index in [9.17, 15) is 0 Å². The van der Waals surface area contributed by atoms with E-state index < -0.39 is 0 Å². The van der Waals surface area contributed by atoms with Crippen LogP contribution in [0.5, 0.6) is 0 Å². The number of nitrogens with zero attached hydrogens (tertiary/aromatic N) is 6. The molecular formula is C12H12N6. The quantitative estimate of drug-likeness (QED) is 0.681. The maximum absolute atomic E-state index is 4.08. The summed E-state index contributed by atoms with van der Waals surface area (Å²) >= 11 is 0. The Hall–Kier alpha value is -2.50. The van der Waals surface area contributed by atoms with Gasteiger partial charge >= 0.3 is 0 Å². The second-order valence-electron chi connectivity index (χ2n) is 4.00. The predicted molar refractivity (Wildman–Crippen MR) is 64.7 cm³/mol. The Morgan fingerprint density at radius 1 is 0.722 bits per heavy atom. The van der Waals surface area contributed by atoms with Crippen molar-refractivity contribution in [2.75, 3.05) is 0 Å². The van der Waals surface area contributed by atoms with Crippen LogP contribution in [0.4, 0.5) is 0 Å². The van der Waals surface area contributed by atoms with Crippen molar-refractivity contribution in [2.24, 2.45) is 0 Å². The zero-order valence-electron chi connectivity index (χ0n) is 9.72. The molecule has 0 N–H and O–H groups in total. The summed E-state index contributed by atoms with van der Waals surface area (Å²) < 4.78 is 3.60. The lowest BCUT2D eigenvalue weighted by Gasteiger charge is -2.04. The second kappa shape index (κ2) is 4.79. The van der Waals surface area contributed by atoms with Crippen LogP contribution in [-0.4, -0.2) is 29.5 Å². The number of hydrogen-bond acceptors (Lipinski definition) is 4. The average Bonchev–Trinajstić information content (AvgIpc) is 3.05. The van der Waals surface area contributed by atoms with Gasteiger partial charge in [-0.25, -0.2) is 19.3 Å². The van der Waals surface area contributed by atoms with Crippen LogP contribution in [0.2, 0.25) is 0 Å². The van der Waals surface area contributed by atoms with Crippen molar-refractivity contribution in [2.45, 2.75) is 13.1 Å². The van der Waals surface area contributed by atoms with Crippen LogP contribution in [0.15, 0.2) is 49.6 Å². The lowest BCUT2D eigenvalue weighted by Crippen LogP contribution is -2.02. The van der Waals surface area contributed by atoms with Crippen molar-refractivity contribution in [1.29, 1.82) is 0 Å². The molecule has 0 unspecified atom stereocenters. The number of hydrogen-bond donors (Lipinski definition) is 0. The van der Waals surface area contributed by atoms with E-state index in [1.807, 2.05) is 0 Å². The third kappa shape index (κ3) is 2.42. The van der Waals surface area contributed by atoms with E-state index in [4.69, 9.17) is 0 Å². The van der Waals surface area contributed by atoms with Crippen molar-refractivity contribution in [3.63, 3.8) is 0 Å². The minimum Gasteiger partial charge on any atom is -0.249 e. The SMILES string of the molecule is c1ncn(Cc2ccc(Cn3cncn3)cc2)n1. The van der Waals surface area contributed by atoms with Gasteiger partial charge in [0.1, 0.15) is 25.3 Å². The maximum atomic E-state index is 4.08. The van der Waals surface area contributed by atoms with Crippen molar-refractivity contribution >= 4 is 0 Å². The highest BCUT2D eigenvalue weighted by molar-refractivity contribution is 5.22. The largest absolute Gasteiger partial charge is 0.249 e. The van der Waals surface area contributed by atoms with E-state index in [-0.39, 0.29) is 0 Å². The molecular weight excluding hydrogens is 228 g/mol. The molecule has 0 saturated heterocycles. The van der Waals surface area contributed by atoms with Crippen LogP contribution in [0.3, 0.4) is 0 Å². The van der Waals surface area contributed by atoms with Gasteiger partial charge in [-0.1, -0.05) is 24.3 Å². The van der Waals surface area contributed by atoms with Gasteiger partial charge in [-0.15, -0.1) is 0 Å². The normalized spacial score (nSPS) is 10.7. The van der Waals surface area contributed by atoms with Crippen molar-refractivity contribution in [3.8, 4) is 0 Å². The summed E-state index contributed by atoms with van der Waals surface area (Å²) in [6.45, 7) is 1.48. The Bertz CT molecular complexity index is 527. The summed E-state index contributed by atoms with van der Waals surface area (Å²) in [5.41, 5.74) is 2.39. The monoisotopic (exact) mass is 240 g/mol. The van der Waals surface area contributed by atoms with Crippen molar-refractivity contribution in [1.82, 2.24) is 29.5 Å². The van der Waals surface area contributed by atoms with Gasteiger partial charge in [0.2, 0.25) is 0 Å². The van der Waals surface area contributed by atoms with Crippen LogP contribution in [-0.2, 0) is 13.1 Å². The zero-order chi connectivity index (χ0) is 12.2. The van der Waals surface area contributed by atoms with Crippen LogP contribution in [0.1, 0.15) is 11.1 Å². The fourth-order valence-corrected chi connectivity index (χ4v) is 1.75. The first-order valence-electron chi connectivity index (χ1n) is 5.63. The third-order valence-corrected chi connectivity index (χ3v) is 2.65. The summed E-state index contributed by atoms with van der Waals surface area (Å²) in [6, 6.07) is 8.36. The zero-order valence-corrected chi connectivity index (χ0v) is 9.72. The Kier molecular flexibility index (Phi) is 2.83. The molecule has 3 rings (SSSR count). The van der Waals surface area contributed by atoms with Crippen LogP contribution < -0.4 is 0 Å². The van der Waals surface area contributed by atoms with Gasteiger partial charge in [-0.3, -0.25) is 0 Å². The minimum atomic E-state index is 0.740. The number of aromatic nitrogens is 6. The highest BCUT2D eigenvalue weighted by Gasteiger charge is 1.98. The molecule has 90 valence electrons. The topological polar surface area (TPSA) is 61.4 Å². The molecule has 0 fully saturated rings. The summed E-state index contributed by atoms with van der Waals surface area (Å²) in [6.07, 6.45) is 6.50. The van der Waals surface area contributed by atoms with E-state index in [1.54, 1.807) is 34.7 Å². The van der Waals surface area contributed by atoms with Gasteiger partial charge in [0.25, 0.3) is 0 Å². The minimum absolute atomic E-state index is 0.740. The van der Waals surface area contributed by atoms with Crippen molar-refractivity contribution in [3.05, 3.63) is 60.7 Å². The Morgan fingerprint density at radius 3 is 1.50 bits per heavy atom. The van der Waals surface area contributed by atoms with Gasteiger partial charge < -0.3 is 0 Å². The molecule has 0 saturated carbocycles. The van der Waals surface area contributed by atoms with E-state index in [0.717, 1.165) is 13.1 Å². The first-order valence-corrected chi connectivity index (χ1v) is 5.63. The van der Waals surface area contributed by atoms with E-state index in [2.05, 4.69) is 44.4 Å². The number of benzene rings is 1. The lowest BCUT2D eigenvalue weighted by atomic mass is 10.1. The first-order chi connectivity index (χ1) is 8.90. The van der Waals surface area contributed by atoms with Gasteiger partial charge in [0, 0.05) is 0 Å². The summed E-state index contributed by atoms with van der Waals surface area (Å²) in [5, 5.41) is 8.16. The molecule has 0 amide bonds. The summed E-state index contributed by atoms with van der Waals surface area (Å²) in [5.74, 6) is 0. The molecule has 0 aliphatic heterocycles. The van der Waals surface area contributed by atoms with Crippen LogP contribution in [0.25, 0.3) is 0 Å². The average molecular weight is 240 g/mol. The Morgan fingerprint density at radius 2 is 1.17 bits per heavy atom. The van der Waals surface area contributed by atoms with Gasteiger partial charge in [-0.05, 0) is 11.1 Å². The Balaban J connectivity index is 1.69. The fraction of sp³-hybridized carbons (Fsp3) is 0.167. The van der Waals surface area contributed by atoms with Crippen LogP contribution in [0, 0.1) is 0 Å². The molecule has 18 heavy (non-hydrogen) atoms. The fourth-order valence-electron chi connectivity index (χ4n) is 1.75. The molecule has 0 bridgehead atoms. The highest BCUT2D eigenvalue weighted by atomic mass is 15.3. The molecule has 6 nitrogen and oxygen atoms in total. The van der Waals surface area contributed by atoms with E-state index in [1.165, 1.54) is 11.1 Å². The smallest absolute Gasteiger partial charge is 0.137 e. The van der Waals surface area contributed by atoms with Crippen molar-refractivity contribution < 1.29 is 0 Å². The highest BCUT2D eigenvalue weighted by Crippen LogP contribution is 2.06.